The monoisotopic (exact) mass is 240 g/mol. The van der Waals surface area contributed by atoms with Gasteiger partial charge in [-0.2, -0.15) is 4.39 Å². The number of anilines is 1. The molecule has 4 nitrogen and oxygen atoms in total. The summed E-state index contributed by atoms with van der Waals surface area (Å²) in [5.74, 6) is -0.684. The normalized spacial score (nSPS) is 10.1. The van der Waals surface area contributed by atoms with Crippen LogP contribution in [-0.2, 0) is 11.2 Å². The lowest BCUT2D eigenvalue weighted by Gasteiger charge is -2.10. The summed E-state index contributed by atoms with van der Waals surface area (Å²) in [6.07, 6.45) is 3.09. The predicted molar refractivity (Wildman–Crippen MR) is 63.5 cm³/mol. The van der Waals surface area contributed by atoms with Crippen LogP contribution in [0.1, 0.15) is 32.3 Å². The van der Waals surface area contributed by atoms with Crippen LogP contribution >= 0.6 is 0 Å². The van der Waals surface area contributed by atoms with Crippen molar-refractivity contribution in [3.05, 3.63) is 23.8 Å². The van der Waals surface area contributed by atoms with Crippen LogP contribution in [0.5, 0.6) is 0 Å². The van der Waals surface area contributed by atoms with Gasteiger partial charge in [0.2, 0.25) is 5.95 Å². The molecule has 1 heterocycles. The molecule has 0 spiro atoms. The van der Waals surface area contributed by atoms with Crippen molar-refractivity contribution in [2.24, 2.45) is 0 Å². The van der Waals surface area contributed by atoms with Crippen LogP contribution in [0.3, 0.4) is 0 Å². The quantitative estimate of drug-likeness (QED) is 0.635. The fourth-order valence-electron chi connectivity index (χ4n) is 1.35. The molecule has 0 aliphatic rings. The fourth-order valence-corrected chi connectivity index (χ4v) is 1.35. The number of pyridine rings is 1. The maximum atomic E-state index is 13.4. The highest BCUT2D eigenvalue weighted by molar-refractivity contribution is 5.85. The Kier molecular flexibility index (Phi) is 5.39. The number of ether oxygens (including phenoxy) is 1. The highest BCUT2D eigenvalue weighted by Crippen LogP contribution is 2.18. The Balaban J connectivity index is 2.64. The number of hydrogen-bond donors (Lipinski definition) is 1. The molecule has 17 heavy (non-hydrogen) atoms. The molecule has 94 valence electrons. The molecular formula is C12H17FN2O2. The zero-order valence-electron chi connectivity index (χ0n) is 10.1. The van der Waals surface area contributed by atoms with Crippen LogP contribution in [0.15, 0.2) is 12.3 Å². The number of rotatable bonds is 5. The molecule has 0 aliphatic heterocycles. The minimum absolute atomic E-state index is 0.108. The van der Waals surface area contributed by atoms with Crippen LogP contribution in [-0.4, -0.2) is 17.7 Å². The summed E-state index contributed by atoms with van der Waals surface area (Å²) in [5.41, 5.74) is 0.807. The summed E-state index contributed by atoms with van der Waals surface area (Å²) >= 11 is 0. The van der Waals surface area contributed by atoms with Crippen LogP contribution in [0, 0.1) is 5.95 Å². The number of nitrogens with zero attached hydrogens (tertiary/aromatic N) is 1. The van der Waals surface area contributed by atoms with Crippen molar-refractivity contribution >= 4 is 11.8 Å². The molecule has 0 unspecified atom stereocenters. The van der Waals surface area contributed by atoms with E-state index in [1.54, 1.807) is 6.07 Å². The average molecular weight is 240 g/mol. The minimum atomic E-state index is -0.684. The van der Waals surface area contributed by atoms with Crippen LogP contribution in [0.25, 0.3) is 0 Å². The first kappa shape index (κ1) is 13.4. The topological polar surface area (TPSA) is 51.2 Å². The first-order valence-corrected chi connectivity index (χ1v) is 5.76. The summed E-state index contributed by atoms with van der Waals surface area (Å²) in [6, 6.07) is 1.67. The van der Waals surface area contributed by atoms with E-state index in [9.17, 15) is 9.18 Å². The second-order valence-corrected chi connectivity index (χ2v) is 3.60. The maximum Gasteiger partial charge on any atom is 0.411 e. The first-order chi connectivity index (χ1) is 8.19. The number of amides is 1. The van der Waals surface area contributed by atoms with E-state index < -0.39 is 12.0 Å². The van der Waals surface area contributed by atoms with E-state index in [1.807, 2.05) is 13.8 Å². The Morgan fingerprint density at radius 3 is 2.94 bits per heavy atom. The Morgan fingerprint density at radius 2 is 2.29 bits per heavy atom. The summed E-state index contributed by atoms with van der Waals surface area (Å²) in [6.45, 7) is 4.21. The third-order valence-electron chi connectivity index (χ3n) is 2.33. The molecule has 0 saturated carbocycles. The lowest BCUT2D eigenvalue weighted by molar-refractivity contribution is 0.159. The zero-order chi connectivity index (χ0) is 12.7. The molecule has 0 fully saturated rings. The van der Waals surface area contributed by atoms with E-state index in [1.165, 1.54) is 6.20 Å². The minimum Gasteiger partial charge on any atom is -0.449 e. The van der Waals surface area contributed by atoms with Gasteiger partial charge in [0.05, 0.1) is 6.61 Å². The molecule has 0 atom stereocenters. The maximum absolute atomic E-state index is 13.4. The van der Waals surface area contributed by atoms with Crippen molar-refractivity contribution in [3.8, 4) is 0 Å². The van der Waals surface area contributed by atoms with Gasteiger partial charge < -0.3 is 4.74 Å². The molecule has 1 amide bonds. The van der Waals surface area contributed by atoms with Gasteiger partial charge in [-0.3, -0.25) is 5.32 Å². The van der Waals surface area contributed by atoms with Crippen LogP contribution in [0.2, 0.25) is 0 Å². The molecule has 5 heteroatoms. The number of carbonyl (C=O) groups is 1. The molecule has 0 radical (unpaired) electrons. The summed E-state index contributed by atoms with van der Waals surface area (Å²) in [7, 11) is 0. The Bertz CT molecular complexity index is 383. The molecule has 0 saturated heterocycles. The van der Waals surface area contributed by atoms with E-state index >= 15 is 0 Å². The number of hydrogen-bond acceptors (Lipinski definition) is 3. The van der Waals surface area contributed by atoms with Gasteiger partial charge in [0, 0.05) is 6.20 Å². The van der Waals surface area contributed by atoms with Gasteiger partial charge in [-0.1, -0.05) is 20.3 Å². The Morgan fingerprint density at radius 1 is 1.53 bits per heavy atom. The zero-order valence-corrected chi connectivity index (χ0v) is 10.1. The molecule has 0 aliphatic carbocycles. The van der Waals surface area contributed by atoms with Crippen molar-refractivity contribution in [2.75, 3.05) is 11.9 Å². The fraction of sp³-hybridized carbons (Fsp3) is 0.500. The number of aromatic nitrogens is 1. The van der Waals surface area contributed by atoms with Crippen LogP contribution < -0.4 is 5.32 Å². The smallest absolute Gasteiger partial charge is 0.411 e. The average Bonchev–Trinajstić information content (AvgIpc) is 2.32. The number of carbonyl (C=O) groups excluding carboxylic acids is 1. The van der Waals surface area contributed by atoms with Gasteiger partial charge in [-0.05, 0) is 24.5 Å². The van der Waals surface area contributed by atoms with E-state index in [-0.39, 0.29) is 5.69 Å². The molecular weight excluding hydrogens is 223 g/mol. The first-order valence-electron chi connectivity index (χ1n) is 5.76. The van der Waals surface area contributed by atoms with E-state index in [4.69, 9.17) is 4.74 Å². The number of unbranched alkanes of at least 4 members (excludes halogenated alkanes) is 1. The molecule has 1 N–H and O–H groups in total. The Hall–Kier alpha value is -1.65. The third-order valence-corrected chi connectivity index (χ3v) is 2.33. The van der Waals surface area contributed by atoms with Gasteiger partial charge in [0.1, 0.15) is 5.69 Å². The molecule has 0 bridgehead atoms. The Labute approximate surface area is 100 Å². The second-order valence-electron chi connectivity index (χ2n) is 3.60. The molecule has 1 aromatic rings. The van der Waals surface area contributed by atoms with Crippen molar-refractivity contribution in [2.45, 2.75) is 33.1 Å². The summed E-state index contributed by atoms with van der Waals surface area (Å²) in [5, 5.41) is 2.39. The number of halogens is 1. The number of aryl methyl sites for hydroxylation is 1. The second kappa shape index (κ2) is 6.83. The largest absolute Gasteiger partial charge is 0.449 e. The van der Waals surface area contributed by atoms with Gasteiger partial charge in [-0.15, -0.1) is 0 Å². The van der Waals surface area contributed by atoms with Gasteiger partial charge >= 0.3 is 6.09 Å². The standard InChI is InChI=1S/C12H17FN2O2/c1-3-5-8-17-12(16)15-10-9(4-2)6-7-14-11(10)13/h6-7H,3-5,8H2,1-2H3,(H,15,16). The predicted octanol–water partition coefficient (Wildman–Crippen LogP) is 3.13. The van der Waals surface area contributed by atoms with Gasteiger partial charge in [0.15, 0.2) is 0 Å². The van der Waals surface area contributed by atoms with Crippen molar-refractivity contribution in [3.63, 3.8) is 0 Å². The van der Waals surface area contributed by atoms with E-state index in [0.717, 1.165) is 12.8 Å². The highest BCUT2D eigenvalue weighted by atomic mass is 19.1. The van der Waals surface area contributed by atoms with Crippen LogP contribution in [0.4, 0.5) is 14.9 Å². The van der Waals surface area contributed by atoms with Crippen molar-refractivity contribution < 1.29 is 13.9 Å². The summed E-state index contributed by atoms with van der Waals surface area (Å²) < 4.78 is 18.3. The van der Waals surface area contributed by atoms with E-state index in [0.29, 0.717) is 18.6 Å². The van der Waals surface area contributed by atoms with Crippen molar-refractivity contribution in [1.82, 2.24) is 4.98 Å². The van der Waals surface area contributed by atoms with E-state index in [2.05, 4.69) is 10.3 Å². The number of nitrogens with one attached hydrogen (secondary N) is 1. The highest BCUT2D eigenvalue weighted by Gasteiger charge is 2.12. The lowest BCUT2D eigenvalue weighted by atomic mass is 10.2. The van der Waals surface area contributed by atoms with Crippen molar-refractivity contribution in [1.29, 1.82) is 0 Å². The molecule has 0 aromatic carbocycles. The summed E-state index contributed by atoms with van der Waals surface area (Å²) in [4.78, 5) is 14.9. The third kappa shape index (κ3) is 4.01. The molecule has 1 rings (SSSR count). The lowest BCUT2D eigenvalue weighted by Crippen LogP contribution is -2.17. The van der Waals surface area contributed by atoms with Gasteiger partial charge in [0.25, 0.3) is 0 Å². The SMILES string of the molecule is CCCCOC(=O)Nc1c(CC)ccnc1F. The van der Waals surface area contributed by atoms with Gasteiger partial charge in [-0.25, -0.2) is 9.78 Å². The molecule has 1 aromatic heterocycles.